The summed E-state index contributed by atoms with van der Waals surface area (Å²) in [5.41, 5.74) is -1.22. The highest BCUT2D eigenvalue weighted by atomic mass is 16.6. The van der Waals surface area contributed by atoms with Crippen LogP contribution in [0.5, 0.6) is 0 Å². The summed E-state index contributed by atoms with van der Waals surface area (Å²) in [6.07, 6.45) is -1.02. The van der Waals surface area contributed by atoms with Gasteiger partial charge in [-0.15, -0.1) is 0 Å². The number of nitrogens with zero attached hydrogens (tertiary/aromatic N) is 1. The number of nitrogens with one attached hydrogen (secondary N) is 2. The van der Waals surface area contributed by atoms with Crippen molar-refractivity contribution in [2.75, 3.05) is 27.4 Å². The van der Waals surface area contributed by atoms with Gasteiger partial charge in [-0.05, 0) is 27.7 Å². The molecule has 0 saturated carbocycles. The second kappa shape index (κ2) is 9.66. The van der Waals surface area contributed by atoms with E-state index in [1.807, 2.05) is 20.8 Å². The molecule has 1 aromatic heterocycles. The SMILES string of the molecule is CNC(=O)CCOC1C(OC(C)(C)C)C(COC)OC1n1cc(C)c(=O)[nH]c1=O. The predicted molar refractivity (Wildman–Crippen MR) is 105 cm³/mol. The van der Waals surface area contributed by atoms with Crippen molar-refractivity contribution < 1.29 is 23.7 Å². The molecule has 164 valence electrons. The highest BCUT2D eigenvalue weighted by Gasteiger charge is 2.49. The van der Waals surface area contributed by atoms with E-state index in [-0.39, 0.29) is 25.5 Å². The molecule has 0 aliphatic carbocycles. The van der Waals surface area contributed by atoms with E-state index in [1.165, 1.54) is 10.8 Å². The number of amides is 1. The molecular weight excluding hydrogens is 382 g/mol. The van der Waals surface area contributed by atoms with Crippen LogP contribution in [0.1, 0.15) is 39.0 Å². The third kappa shape index (κ3) is 5.99. The number of rotatable bonds is 8. The van der Waals surface area contributed by atoms with Crippen LogP contribution in [-0.2, 0) is 23.7 Å². The summed E-state index contributed by atoms with van der Waals surface area (Å²) >= 11 is 0. The van der Waals surface area contributed by atoms with Gasteiger partial charge in [0.15, 0.2) is 6.23 Å². The van der Waals surface area contributed by atoms with Crippen LogP contribution in [-0.4, -0.2) is 66.7 Å². The van der Waals surface area contributed by atoms with E-state index in [0.29, 0.717) is 5.56 Å². The molecule has 10 nitrogen and oxygen atoms in total. The van der Waals surface area contributed by atoms with Gasteiger partial charge in [0, 0.05) is 32.3 Å². The predicted octanol–water partition coefficient (Wildman–Crippen LogP) is 0.0938. The minimum absolute atomic E-state index is 0.116. The van der Waals surface area contributed by atoms with Crippen molar-refractivity contribution in [1.29, 1.82) is 0 Å². The number of carbonyl (C=O) groups is 1. The van der Waals surface area contributed by atoms with Crippen molar-refractivity contribution >= 4 is 5.91 Å². The summed E-state index contributed by atoms with van der Waals surface area (Å²) < 4.78 is 24.8. The van der Waals surface area contributed by atoms with E-state index in [2.05, 4.69) is 10.3 Å². The molecule has 4 atom stereocenters. The number of ether oxygens (including phenoxy) is 4. The maximum atomic E-state index is 12.4. The van der Waals surface area contributed by atoms with Gasteiger partial charge >= 0.3 is 5.69 Å². The Hall–Kier alpha value is -2.01. The molecule has 1 saturated heterocycles. The average molecular weight is 413 g/mol. The van der Waals surface area contributed by atoms with E-state index in [0.717, 1.165) is 0 Å². The fourth-order valence-electron chi connectivity index (χ4n) is 3.15. The first-order valence-electron chi connectivity index (χ1n) is 9.54. The summed E-state index contributed by atoms with van der Waals surface area (Å²) in [5, 5.41) is 2.54. The first-order valence-corrected chi connectivity index (χ1v) is 9.54. The molecule has 0 aromatic carbocycles. The van der Waals surface area contributed by atoms with Crippen LogP contribution < -0.4 is 16.6 Å². The Morgan fingerprint density at radius 1 is 1.31 bits per heavy atom. The fraction of sp³-hybridized carbons (Fsp3) is 0.737. The van der Waals surface area contributed by atoms with Crippen molar-refractivity contribution in [2.45, 2.75) is 64.3 Å². The van der Waals surface area contributed by atoms with Gasteiger partial charge < -0.3 is 24.3 Å². The maximum Gasteiger partial charge on any atom is 0.330 e. The van der Waals surface area contributed by atoms with Crippen LogP contribution in [0.3, 0.4) is 0 Å². The van der Waals surface area contributed by atoms with Gasteiger partial charge in [0.2, 0.25) is 5.91 Å². The molecule has 2 heterocycles. The molecular formula is C19H31N3O7. The topological polar surface area (TPSA) is 121 Å². The van der Waals surface area contributed by atoms with Crippen LogP contribution in [0.4, 0.5) is 0 Å². The van der Waals surface area contributed by atoms with E-state index < -0.39 is 41.4 Å². The Morgan fingerprint density at radius 2 is 2.00 bits per heavy atom. The van der Waals surface area contributed by atoms with Crippen LogP contribution in [0.2, 0.25) is 0 Å². The summed E-state index contributed by atoms with van der Waals surface area (Å²) in [4.78, 5) is 38.1. The Morgan fingerprint density at radius 3 is 2.59 bits per heavy atom. The van der Waals surface area contributed by atoms with Gasteiger partial charge in [-0.25, -0.2) is 4.79 Å². The van der Waals surface area contributed by atoms with Crippen molar-refractivity contribution in [3.63, 3.8) is 0 Å². The van der Waals surface area contributed by atoms with Crippen LogP contribution in [0, 0.1) is 6.92 Å². The number of methoxy groups -OCH3 is 1. The molecule has 0 radical (unpaired) electrons. The standard InChI is InChI=1S/C19H31N3O7/c1-11-9-22(18(25)21-16(11)24)17-15(27-8-7-13(23)20-5)14(29-19(2,3)4)12(28-17)10-26-6/h9,12,14-15,17H,7-8,10H2,1-6H3,(H,20,23)(H,21,24,25). The number of hydrogen-bond donors (Lipinski definition) is 2. The van der Waals surface area contributed by atoms with E-state index in [1.54, 1.807) is 21.1 Å². The van der Waals surface area contributed by atoms with Gasteiger partial charge in [0.25, 0.3) is 5.56 Å². The van der Waals surface area contributed by atoms with Gasteiger partial charge in [0.05, 0.1) is 18.8 Å². The lowest BCUT2D eigenvalue weighted by Crippen LogP contribution is -2.44. The second-order valence-electron chi connectivity index (χ2n) is 7.95. The Labute approximate surface area is 169 Å². The number of carbonyl (C=O) groups excluding carboxylic acids is 1. The van der Waals surface area contributed by atoms with E-state index in [4.69, 9.17) is 18.9 Å². The minimum atomic E-state index is -0.852. The molecule has 0 bridgehead atoms. The molecule has 2 rings (SSSR count). The average Bonchev–Trinajstić information content (AvgIpc) is 2.94. The van der Waals surface area contributed by atoms with Gasteiger partial charge in [-0.3, -0.25) is 19.1 Å². The van der Waals surface area contributed by atoms with Gasteiger partial charge in [0.1, 0.15) is 18.3 Å². The lowest BCUT2D eigenvalue weighted by atomic mass is 10.1. The van der Waals surface area contributed by atoms with Crippen LogP contribution in [0.15, 0.2) is 15.8 Å². The quantitative estimate of drug-likeness (QED) is 0.620. The highest BCUT2D eigenvalue weighted by Crippen LogP contribution is 2.35. The number of aryl methyl sites for hydroxylation is 1. The molecule has 1 aromatic rings. The van der Waals surface area contributed by atoms with Gasteiger partial charge in [-0.1, -0.05) is 0 Å². The Balaban J connectivity index is 2.40. The minimum Gasteiger partial charge on any atom is -0.382 e. The monoisotopic (exact) mass is 413 g/mol. The molecule has 2 N–H and O–H groups in total. The van der Waals surface area contributed by atoms with E-state index >= 15 is 0 Å². The van der Waals surface area contributed by atoms with Crippen molar-refractivity contribution in [2.24, 2.45) is 0 Å². The summed E-state index contributed by atoms with van der Waals surface area (Å²) in [6, 6.07) is 0. The maximum absolute atomic E-state index is 12.4. The van der Waals surface area contributed by atoms with Gasteiger partial charge in [-0.2, -0.15) is 0 Å². The summed E-state index contributed by atoms with van der Waals surface area (Å²) in [5.74, 6) is -0.167. The smallest absolute Gasteiger partial charge is 0.330 e. The number of aromatic nitrogens is 2. The molecule has 1 aliphatic rings. The summed E-state index contributed by atoms with van der Waals surface area (Å²) in [7, 11) is 3.09. The van der Waals surface area contributed by atoms with Crippen LogP contribution >= 0.6 is 0 Å². The first-order chi connectivity index (χ1) is 13.6. The lowest BCUT2D eigenvalue weighted by molar-refractivity contribution is -0.137. The molecule has 29 heavy (non-hydrogen) atoms. The zero-order chi connectivity index (χ0) is 21.8. The Bertz CT molecular complexity index is 811. The summed E-state index contributed by atoms with van der Waals surface area (Å²) in [6.45, 7) is 7.65. The van der Waals surface area contributed by atoms with Crippen molar-refractivity contribution in [1.82, 2.24) is 14.9 Å². The van der Waals surface area contributed by atoms with Crippen molar-refractivity contribution in [3.05, 3.63) is 32.6 Å². The second-order valence-corrected chi connectivity index (χ2v) is 7.95. The zero-order valence-corrected chi connectivity index (χ0v) is 17.8. The normalized spacial score (nSPS) is 24.6. The van der Waals surface area contributed by atoms with E-state index in [9.17, 15) is 14.4 Å². The largest absolute Gasteiger partial charge is 0.382 e. The molecule has 4 unspecified atom stereocenters. The molecule has 10 heteroatoms. The zero-order valence-electron chi connectivity index (χ0n) is 17.8. The highest BCUT2D eigenvalue weighted by molar-refractivity contribution is 5.75. The lowest BCUT2D eigenvalue weighted by Gasteiger charge is -2.31. The number of H-pyrrole nitrogens is 1. The first kappa shape index (κ1) is 23.3. The third-order valence-electron chi connectivity index (χ3n) is 4.44. The molecule has 1 amide bonds. The third-order valence-corrected chi connectivity index (χ3v) is 4.44. The Kier molecular flexibility index (Phi) is 7.75. The number of hydrogen-bond acceptors (Lipinski definition) is 7. The molecule has 1 fully saturated rings. The fourth-order valence-corrected chi connectivity index (χ4v) is 3.15. The number of aromatic amines is 1. The molecule has 0 spiro atoms. The van der Waals surface area contributed by atoms with Crippen LogP contribution in [0.25, 0.3) is 0 Å². The molecule has 1 aliphatic heterocycles. The van der Waals surface area contributed by atoms with Crippen molar-refractivity contribution in [3.8, 4) is 0 Å².